The largest absolute Gasteiger partial charge is 0.243 e. The summed E-state index contributed by atoms with van der Waals surface area (Å²) >= 11 is 0. The summed E-state index contributed by atoms with van der Waals surface area (Å²) in [4.78, 5) is 0.432. The predicted octanol–water partition coefficient (Wildman–Crippen LogP) is 3.34. The van der Waals surface area contributed by atoms with Gasteiger partial charge in [-0.2, -0.15) is 4.31 Å². The van der Waals surface area contributed by atoms with Gasteiger partial charge in [-0.1, -0.05) is 37.5 Å². The second kappa shape index (κ2) is 6.06. The highest BCUT2D eigenvalue weighted by atomic mass is 32.2. The van der Waals surface area contributed by atoms with Crippen LogP contribution < -0.4 is 0 Å². The summed E-state index contributed by atoms with van der Waals surface area (Å²) in [6.45, 7) is 4.75. The summed E-state index contributed by atoms with van der Waals surface area (Å²) in [6.07, 6.45) is 5.12. The second-order valence-corrected chi connectivity index (χ2v) is 7.26. The predicted molar refractivity (Wildman–Crippen MR) is 77.6 cm³/mol. The van der Waals surface area contributed by atoms with Crippen molar-refractivity contribution in [3.8, 4) is 0 Å². The van der Waals surface area contributed by atoms with Crippen LogP contribution >= 0.6 is 0 Å². The molecule has 0 amide bonds. The van der Waals surface area contributed by atoms with E-state index >= 15 is 0 Å². The van der Waals surface area contributed by atoms with Gasteiger partial charge in [-0.3, -0.25) is 0 Å². The molecule has 1 heterocycles. The average molecular weight is 281 g/mol. The molecule has 2 rings (SSSR count). The molecular formula is C15H23NO2S. The van der Waals surface area contributed by atoms with Gasteiger partial charge in [-0.05, 0) is 38.3 Å². The van der Waals surface area contributed by atoms with E-state index in [-0.39, 0.29) is 6.04 Å². The molecule has 1 aliphatic heterocycles. The van der Waals surface area contributed by atoms with Gasteiger partial charge in [0, 0.05) is 12.6 Å². The highest BCUT2D eigenvalue weighted by Gasteiger charge is 2.32. The minimum absolute atomic E-state index is 0.185. The molecule has 1 aromatic carbocycles. The first kappa shape index (κ1) is 14.5. The highest BCUT2D eigenvalue weighted by Crippen LogP contribution is 2.27. The summed E-state index contributed by atoms with van der Waals surface area (Å²) in [6, 6.07) is 7.37. The number of hydrogen-bond donors (Lipinski definition) is 0. The second-order valence-electron chi connectivity index (χ2n) is 5.37. The summed E-state index contributed by atoms with van der Waals surface area (Å²) in [5, 5.41) is 0. The van der Waals surface area contributed by atoms with Gasteiger partial charge >= 0.3 is 0 Å². The first-order valence-corrected chi connectivity index (χ1v) is 8.58. The van der Waals surface area contributed by atoms with Gasteiger partial charge in [0.05, 0.1) is 4.90 Å². The van der Waals surface area contributed by atoms with E-state index in [9.17, 15) is 8.42 Å². The monoisotopic (exact) mass is 281 g/mol. The lowest BCUT2D eigenvalue weighted by Gasteiger charge is -2.34. The molecule has 0 bridgehead atoms. The Morgan fingerprint density at radius 3 is 2.53 bits per heavy atom. The van der Waals surface area contributed by atoms with Crippen LogP contribution in [0.2, 0.25) is 0 Å². The smallest absolute Gasteiger partial charge is 0.207 e. The van der Waals surface area contributed by atoms with E-state index in [4.69, 9.17) is 0 Å². The molecule has 0 spiro atoms. The highest BCUT2D eigenvalue weighted by molar-refractivity contribution is 7.89. The van der Waals surface area contributed by atoms with E-state index < -0.39 is 10.0 Å². The first-order valence-electron chi connectivity index (χ1n) is 7.14. The lowest BCUT2D eigenvalue weighted by atomic mass is 10.0. The van der Waals surface area contributed by atoms with Crippen LogP contribution in [0, 0.1) is 6.92 Å². The third-order valence-electron chi connectivity index (χ3n) is 3.82. The van der Waals surface area contributed by atoms with Crippen molar-refractivity contribution in [3.05, 3.63) is 29.8 Å². The summed E-state index contributed by atoms with van der Waals surface area (Å²) in [5.41, 5.74) is 1.09. The molecule has 0 radical (unpaired) electrons. The fraction of sp³-hybridized carbons (Fsp3) is 0.600. The van der Waals surface area contributed by atoms with Crippen molar-refractivity contribution in [1.82, 2.24) is 4.31 Å². The van der Waals surface area contributed by atoms with Crippen molar-refractivity contribution >= 4 is 10.0 Å². The first-order chi connectivity index (χ1) is 9.05. The van der Waals surface area contributed by atoms with Crippen LogP contribution in [0.25, 0.3) is 0 Å². The van der Waals surface area contributed by atoms with Crippen molar-refractivity contribution in [2.45, 2.75) is 56.9 Å². The molecule has 3 nitrogen and oxygen atoms in total. The Bertz CT molecular complexity index is 505. The van der Waals surface area contributed by atoms with Crippen LogP contribution in [0.5, 0.6) is 0 Å². The molecule has 1 aromatic rings. The maximum absolute atomic E-state index is 12.7. The number of piperidine rings is 1. The molecule has 0 N–H and O–H groups in total. The number of benzene rings is 1. The number of aryl methyl sites for hydroxylation is 1. The summed E-state index contributed by atoms with van der Waals surface area (Å²) < 4.78 is 27.1. The summed E-state index contributed by atoms with van der Waals surface area (Å²) in [7, 11) is -3.32. The third-order valence-corrected chi connectivity index (χ3v) is 5.79. The van der Waals surface area contributed by atoms with E-state index in [0.717, 1.165) is 37.7 Å². The lowest BCUT2D eigenvalue weighted by molar-refractivity contribution is 0.239. The minimum atomic E-state index is -3.32. The standard InChI is InChI=1S/C15H23NO2S/c1-3-6-14-7-4-5-12-16(14)19(17,18)15-10-8-13(2)9-11-15/h8-11,14H,3-7,12H2,1-2H3/t14-/m0/s1. The molecule has 4 heteroatoms. The SMILES string of the molecule is CCC[C@H]1CCCCN1S(=O)(=O)c1ccc(C)cc1. The molecule has 1 saturated heterocycles. The van der Waals surface area contributed by atoms with Crippen LogP contribution in [0.3, 0.4) is 0 Å². The number of nitrogens with zero attached hydrogens (tertiary/aromatic N) is 1. The van der Waals surface area contributed by atoms with E-state index in [1.54, 1.807) is 16.4 Å². The molecule has 1 atom stereocenters. The third kappa shape index (κ3) is 3.18. The van der Waals surface area contributed by atoms with Crippen molar-refractivity contribution in [1.29, 1.82) is 0 Å². The van der Waals surface area contributed by atoms with Gasteiger partial charge in [0.2, 0.25) is 10.0 Å². The van der Waals surface area contributed by atoms with Gasteiger partial charge in [0.1, 0.15) is 0 Å². The van der Waals surface area contributed by atoms with E-state index in [1.807, 2.05) is 19.1 Å². The lowest BCUT2D eigenvalue weighted by Crippen LogP contribution is -2.43. The van der Waals surface area contributed by atoms with Gasteiger partial charge in [0.25, 0.3) is 0 Å². The molecule has 0 unspecified atom stereocenters. The van der Waals surface area contributed by atoms with Gasteiger partial charge in [-0.15, -0.1) is 0 Å². The van der Waals surface area contributed by atoms with Crippen molar-refractivity contribution < 1.29 is 8.42 Å². The Morgan fingerprint density at radius 2 is 1.89 bits per heavy atom. The Hall–Kier alpha value is -0.870. The molecule has 19 heavy (non-hydrogen) atoms. The zero-order valence-electron chi connectivity index (χ0n) is 11.8. The molecular weight excluding hydrogens is 258 g/mol. The van der Waals surface area contributed by atoms with Crippen LogP contribution in [0.4, 0.5) is 0 Å². The number of sulfonamides is 1. The molecule has 0 saturated carbocycles. The molecule has 106 valence electrons. The summed E-state index contributed by atoms with van der Waals surface area (Å²) in [5.74, 6) is 0. The van der Waals surface area contributed by atoms with Crippen molar-refractivity contribution in [2.75, 3.05) is 6.54 Å². The number of rotatable bonds is 4. The molecule has 0 aromatic heterocycles. The maximum Gasteiger partial charge on any atom is 0.243 e. The van der Waals surface area contributed by atoms with Gasteiger partial charge in [-0.25, -0.2) is 8.42 Å². The van der Waals surface area contributed by atoms with Crippen LogP contribution in [0.1, 0.15) is 44.6 Å². The van der Waals surface area contributed by atoms with Gasteiger partial charge < -0.3 is 0 Å². The fourth-order valence-electron chi connectivity index (χ4n) is 2.76. The van der Waals surface area contributed by atoms with Gasteiger partial charge in [0.15, 0.2) is 0 Å². The van der Waals surface area contributed by atoms with Crippen molar-refractivity contribution in [3.63, 3.8) is 0 Å². The quantitative estimate of drug-likeness (QED) is 0.849. The Balaban J connectivity index is 2.28. The average Bonchev–Trinajstić information content (AvgIpc) is 2.40. The number of hydrogen-bond acceptors (Lipinski definition) is 2. The van der Waals surface area contributed by atoms with Crippen LogP contribution in [-0.2, 0) is 10.0 Å². The molecule has 1 aliphatic rings. The Labute approximate surface area is 116 Å². The maximum atomic E-state index is 12.7. The minimum Gasteiger partial charge on any atom is -0.207 e. The Morgan fingerprint density at radius 1 is 1.21 bits per heavy atom. The zero-order valence-corrected chi connectivity index (χ0v) is 12.6. The van der Waals surface area contributed by atoms with E-state index in [0.29, 0.717) is 11.4 Å². The normalized spacial score (nSPS) is 21.5. The van der Waals surface area contributed by atoms with Crippen LogP contribution in [-0.4, -0.2) is 25.3 Å². The van der Waals surface area contributed by atoms with E-state index in [2.05, 4.69) is 6.92 Å². The van der Waals surface area contributed by atoms with E-state index in [1.165, 1.54) is 0 Å². The fourth-order valence-corrected chi connectivity index (χ4v) is 4.48. The van der Waals surface area contributed by atoms with Crippen molar-refractivity contribution in [2.24, 2.45) is 0 Å². The molecule has 1 fully saturated rings. The topological polar surface area (TPSA) is 37.4 Å². The Kier molecular flexibility index (Phi) is 4.63. The molecule has 0 aliphatic carbocycles. The zero-order chi connectivity index (χ0) is 13.9. The van der Waals surface area contributed by atoms with Crippen LogP contribution in [0.15, 0.2) is 29.2 Å².